The Bertz CT molecular complexity index is 405. The summed E-state index contributed by atoms with van der Waals surface area (Å²) >= 11 is 0. The third-order valence-corrected chi connectivity index (χ3v) is 3.60. The van der Waals surface area contributed by atoms with Crippen molar-refractivity contribution in [1.29, 1.82) is 0 Å². The minimum Gasteiger partial charge on any atom is -0.353 e. The van der Waals surface area contributed by atoms with Crippen LogP contribution in [0.15, 0.2) is 24.3 Å². The van der Waals surface area contributed by atoms with Crippen LogP contribution in [-0.2, 0) is 15.9 Å². The molecule has 1 aromatic rings. The molecule has 0 aliphatic carbocycles. The predicted molar refractivity (Wildman–Crippen MR) is 78.9 cm³/mol. The average Bonchev–Trinajstić information content (AvgIpc) is 2.52. The molecule has 110 valence electrons. The van der Waals surface area contributed by atoms with Crippen molar-refractivity contribution in [2.45, 2.75) is 51.7 Å². The van der Waals surface area contributed by atoms with E-state index in [1.165, 1.54) is 18.4 Å². The Morgan fingerprint density at radius 2 is 1.90 bits per heavy atom. The third kappa shape index (κ3) is 4.73. The number of hydrogen-bond donors (Lipinski definition) is 0. The molecule has 0 amide bonds. The maximum Gasteiger partial charge on any atom is 0.163 e. The highest BCUT2D eigenvalue weighted by Gasteiger charge is 2.16. The molecule has 1 heterocycles. The van der Waals surface area contributed by atoms with Gasteiger partial charge in [-0.2, -0.15) is 0 Å². The van der Waals surface area contributed by atoms with Gasteiger partial charge in [0, 0.05) is 18.4 Å². The molecule has 20 heavy (non-hydrogen) atoms. The Labute approximate surface area is 121 Å². The van der Waals surface area contributed by atoms with E-state index in [4.69, 9.17) is 9.47 Å². The number of Topliss-reactive ketones (excluding diaryl/α,β-unsaturated/α-hetero) is 1. The SMILES string of the molecule is CCCCc1ccc(C(=O)CCC2OCCCO2)cc1. The quantitative estimate of drug-likeness (QED) is 0.711. The smallest absolute Gasteiger partial charge is 0.163 e. The summed E-state index contributed by atoms with van der Waals surface area (Å²) in [7, 11) is 0. The predicted octanol–water partition coefficient (Wildman–Crippen LogP) is 3.76. The molecule has 2 rings (SSSR count). The summed E-state index contributed by atoms with van der Waals surface area (Å²) in [6.07, 6.45) is 5.37. The van der Waals surface area contributed by atoms with Crippen molar-refractivity contribution in [3.8, 4) is 0 Å². The second-order valence-electron chi connectivity index (χ2n) is 5.29. The number of aryl methyl sites for hydroxylation is 1. The Kier molecular flexibility index (Phi) is 6.22. The van der Waals surface area contributed by atoms with Gasteiger partial charge in [0.15, 0.2) is 12.1 Å². The first-order valence-corrected chi connectivity index (χ1v) is 7.65. The molecule has 0 unspecified atom stereocenters. The Morgan fingerprint density at radius 1 is 1.20 bits per heavy atom. The van der Waals surface area contributed by atoms with Crippen LogP contribution in [0.5, 0.6) is 0 Å². The lowest BCUT2D eigenvalue weighted by Crippen LogP contribution is -2.25. The minimum atomic E-state index is -0.198. The van der Waals surface area contributed by atoms with Gasteiger partial charge in [0.1, 0.15) is 0 Å². The van der Waals surface area contributed by atoms with Gasteiger partial charge >= 0.3 is 0 Å². The molecule has 3 heteroatoms. The largest absolute Gasteiger partial charge is 0.353 e. The highest BCUT2D eigenvalue weighted by molar-refractivity contribution is 5.96. The van der Waals surface area contributed by atoms with Gasteiger partial charge in [0.05, 0.1) is 13.2 Å². The summed E-state index contributed by atoms with van der Waals surface area (Å²) in [5.41, 5.74) is 2.10. The molecule has 0 saturated carbocycles. The van der Waals surface area contributed by atoms with E-state index in [1.54, 1.807) is 0 Å². The lowest BCUT2D eigenvalue weighted by atomic mass is 10.0. The number of benzene rings is 1. The van der Waals surface area contributed by atoms with Crippen molar-refractivity contribution >= 4 is 5.78 Å². The maximum absolute atomic E-state index is 12.1. The van der Waals surface area contributed by atoms with Crippen molar-refractivity contribution in [2.24, 2.45) is 0 Å². The molecule has 0 spiro atoms. The minimum absolute atomic E-state index is 0.171. The van der Waals surface area contributed by atoms with Crippen LogP contribution in [0.3, 0.4) is 0 Å². The van der Waals surface area contributed by atoms with E-state index in [-0.39, 0.29) is 12.1 Å². The van der Waals surface area contributed by atoms with E-state index in [9.17, 15) is 4.79 Å². The van der Waals surface area contributed by atoms with Crippen molar-refractivity contribution < 1.29 is 14.3 Å². The number of rotatable bonds is 7. The van der Waals surface area contributed by atoms with Crippen molar-refractivity contribution in [3.05, 3.63) is 35.4 Å². The summed E-state index contributed by atoms with van der Waals surface area (Å²) in [5.74, 6) is 0.171. The van der Waals surface area contributed by atoms with Gasteiger partial charge in [-0.15, -0.1) is 0 Å². The Hall–Kier alpha value is -1.19. The first-order valence-electron chi connectivity index (χ1n) is 7.65. The first kappa shape index (κ1) is 15.2. The van der Waals surface area contributed by atoms with E-state index in [1.807, 2.05) is 12.1 Å². The molecule has 0 aromatic heterocycles. The maximum atomic E-state index is 12.1. The zero-order chi connectivity index (χ0) is 14.2. The summed E-state index contributed by atoms with van der Waals surface area (Å²) in [4.78, 5) is 12.1. The molecular formula is C17H24O3. The molecular weight excluding hydrogens is 252 g/mol. The number of unbranched alkanes of at least 4 members (excludes halogenated alkanes) is 1. The second kappa shape index (κ2) is 8.18. The fraction of sp³-hybridized carbons (Fsp3) is 0.588. The number of ketones is 1. The molecule has 3 nitrogen and oxygen atoms in total. The van der Waals surface area contributed by atoms with Crippen LogP contribution in [0.2, 0.25) is 0 Å². The number of hydrogen-bond acceptors (Lipinski definition) is 3. The van der Waals surface area contributed by atoms with E-state index >= 15 is 0 Å². The summed E-state index contributed by atoms with van der Waals surface area (Å²) < 4.78 is 10.9. The Balaban J connectivity index is 1.79. The molecule has 0 N–H and O–H groups in total. The lowest BCUT2D eigenvalue weighted by Gasteiger charge is -2.22. The summed E-state index contributed by atoms with van der Waals surface area (Å²) in [6.45, 7) is 3.67. The molecule has 1 fully saturated rings. The standard InChI is InChI=1S/C17H24O3/c1-2-3-5-14-6-8-15(9-7-14)16(18)10-11-17-19-12-4-13-20-17/h6-9,17H,2-5,10-13H2,1H3. The van der Waals surface area contributed by atoms with Gasteiger partial charge in [0.2, 0.25) is 0 Å². The molecule has 0 bridgehead atoms. The highest BCUT2D eigenvalue weighted by atomic mass is 16.7. The second-order valence-corrected chi connectivity index (χ2v) is 5.29. The highest BCUT2D eigenvalue weighted by Crippen LogP contribution is 2.14. The van der Waals surface area contributed by atoms with E-state index in [0.717, 1.165) is 31.6 Å². The molecule has 1 saturated heterocycles. The summed E-state index contributed by atoms with van der Waals surface area (Å²) in [6, 6.07) is 8.01. The van der Waals surface area contributed by atoms with Crippen LogP contribution in [0.4, 0.5) is 0 Å². The monoisotopic (exact) mass is 276 g/mol. The van der Waals surface area contributed by atoms with E-state index in [2.05, 4.69) is 19.1 Å². The van der Waals surface area contributed by atoms with E-state index < -0.39 is 0 Å². The number of carbonyl (C=O) groups excluding carboxylic acids is 1. The fourth-order valence-electron chi connectivity index (χ4n) is 2.33. The average molecular weight is 276 g/mol. The van der Waals surface area contributed by atoms with Crippen LogP contribution < -0.4 is 0 Å². The van der Waals surface area contributed by atoms with Crippen LogP contribution >= 0.6 is 0 Å². The fourth-order valence-corrected chi connectivity index (χ4v) is 2.33. The molecule has 0 atom stereocenters. The Morgan fingerprint density at radius 3 is 2.55 bits per heavy atom. The zero-order valence-electron chi connectivity index (χ0n) is 12.3. The third-order valence-electron chi connectivity index (χ3n) is 3.60. The van der Waals surface area contributed by atoms with Gasteiger partial charge in [-0.3, -0.25) is 4.79 Å². The molecule has 1 aromatic carbocycles. The first-order chi connectivity index (χ1) is 9.79. The van der Waals surface area contributed by atoms with Gasteiger partial charge in [-0.05, 0) is 24.8 Å². The molecule has 0 radical (unpaired) electrons. The summed E-state index contributed by atoms with van der Waals surface area (Å²) in [5, 5.41) is 0. The number of carbonyl (C=O) groups is 1. The molecule has 1 aliphatic heterocycles. The van der Waals surface area contributed by atoms with Gasteiger partial charge in [0.25, 0.3) is 0 Å². The van der Waals surface area contributed by atoms with Crippen molar-refractivity contribution in [3.63, 3.8) is 0 Å². The van der Waals surface area contributed by atoms with Gasteiger partial charge in [-0.25, -0.2) is 0 Å². The van der Waals surface area contributed by atoms with Crippen molar-refractivity contribution in [1.82, 2.24) is 0 Å². The molecule has 1 aliphatic rings. The van der Waals surface area contributed by atoms with Crippen LogP contribution in [0.25, 0.3) is 0 Å². The lowest BCUT2D eigenvalue weighted by molar-refractivity contribution is -0.180. The normalized spacial score (nSPS) is 16.2. The topological polar surface area (TPSA) is 35.5 Å². The van der Waals surface area contributed by atoms with Gasteiger partial charge < -0.3 is 9.47 Å². The van der Waals surface area contributed by atoms with Gasteiger partial charge in [-0.1, -0.05) is 37.6 Å². The zero-order valence-corrected chi connectivity index (χ0v) is 12.3. The van der Waals surface area contributed by atoms with E-state index in [0.29, 0.717) is 12.8 Å². The van der Waals surface area contributed by atoms with Crippen LogP contribution in [-0.4, -0.2) is 25.3 Å². The van der Waals surface area contributed by atoms with Crippen molar-refractivity contribution in [2.75, 3.05) is 13.2 Å². The van der Waals surface area contributed by atoms with Crippen LogP contribution in [0, 0.1) is 0 Å². The van der Waals surface area contributed by atoms with Crippen LogP contribution in [0.1, 0.15) is 54.9 Å². The number of ether oxygens (including phenoxy) is 2.